The molecule has 4 aliphatic carbocycles. The summed E-state index contributed by atoms with van der Waals surface area (Å²) in [6.45, 7) is 12.2. The van der Waals surface area contributed by atoms with Gasteiger partial charge in [-0.05, 0) is 84.5 Å². The summed E-state index contributed by atoms with van der Waals surface area (Å²) in [5.74, 6) is 3.80. The van der Waals surface area contributed by atoms with Gasteiger partial charge in [-0.15, -0.1) is 0 Å². The minimum absolute atomic E-state index is 0.0467. The molecule has 164 valence electrons. The van der Waals surface area contributed by atoms with E-state index in [4.69, 9.17) is 0 Å². The van der Waals surface area contributed by atoms with Gasteiger partial charge in [0.25, 0.3) is 0 Å². The molecule has 3 saturated carbocycles. The predicted molar refractivity (Wildman–Crippen MR) is 120 cm³/mol. The average Bonchev–Trinajstić information content (AvgIpc) is 3.02. The van der Waals surface area contributed by atoms with Crippen molar-refractivity contribution in [2.75, 3.05) is 0 Å². The highest BCUT2D eigenvalue weighted by Crippen LogP contribution is 2.66. The van der Waals surface area contributed by atoms with Crippen molar-refractivity contribution in [1.29, 1.82) is 0 Å². The third-order valence-corrected chi connectivity index (χ3v) is 9.84. The van der Waals surface area contributed by atoms with Gasteiger partial charge >= 0.3 is 0 Å². The minimum Gasteiger partial charge on any atom is -0.390 e. The summed E-state index contributed by atoms with van der Waals surface area (Å²) in [4.78, 5) is 0. The topological polar surface area (TPSA) is 40.5 Å². The molecule has 0 bridgehead atoms. The highest BCUT2D eigenvalue weighted by atomic mass is 16.3. The predicted octanol–water partition coefficient (Wildman–Crippen LogP) is 6.28. The Morgan fingerprint density at radius 1 is 0.931 bits per heavy atom. The summed E-state index contributed by atoms with van der Waals surface area (Å²) in [6.07, 6.45) is 14.5. The molecule has 29 heavy (non-hydrogen) atoms. The molecule has 4 rings (SSSR count). The molecular formula is C27H44O2. The number of hydrogen-bond donors (Lipinski definition) is 2. The van der Waals surface area contributed by atoms with Gasteiger partial charge in [0.1, 0.15) is 6.10 Å². The number of allylic oxidation sites excluding steroid dienone is 3. The Kier molecular flexibility index (Phi) is 5.84. The van der Waals surface area contributed by atoms with Crippen LogP contribution >= 0.6 is 0 Å². The van der Waals surface area contributed by atoms with E-state index in [0.29, 0.717) is 11.3 Å². The van der Waals surface area contributed by atoms with Gasteiger partial charge in [0.15, 0.2) is 0 Å². The Labute approximate surface area is 178 Å². The van der Waals surface area contributed by atoms with Crippen LogP contribution in [-0.4, -0.2) is 22.4 Å². The zero-order chi connectivity index (χ0) is 21.0. The molecule has 0 aromatic heterocycles. The lowest BCUT2D eigenvalue weighted by Gasteiger charge is -2.56. The lowest BCUT2D eigenvalue weighted by Crippen LogP contribution is -2.50. The van der Waals surface area contributed by atoms with E-state index < -0.39 is 12.2 Å². The van der Waals surface area contributed by atoms with Crippen LogP contribution in [0.1, 0.15) is 92.4 Å². The Morgan fingerprint density at radius 2 is 1.69 bits per heavy atom. The summed E-state index contributed by atoms with van der Waals surface area (Å²) < 4.78 is 0. The highest BCUT2D eigenvalue weighted by Gasteiger charge is 2.57. The molecule has 0 aromatic carbocycles. The first-order chi connectivity index (χ1) is 13.7. The fourth-order valence-electron chi connectivity index (χ4n) is 8.08. The molecule has 8 atom stereocenters. The van der Waals surface area contributed by atoms with Gasteiger partial charge in [-0.2, -0.15) is 0 Å². The molecule has 0 aromatic rings. The van der Waals surface area contributed by atoms with E-state index in [1.807, 2.05) is 0 Å². The zero-order valence-electron chi connectivity index (χ0n) is 19.5. The normalized spacial score (nSPS) is 45.2. The maximum Gasteiger partial charge on any atom is 0.102 e. The second-order valence-corrected chi connectivity index (χ2v) is 11.9. The number of aliphatic hydroxyl groups is 2. The van der Waals surface area contributed by atoms with Crippen LogP contribution in [0.2, 0.25) is 0 Å². The summed E-state index contributed by atoms with van der Waals surface area (Å²) in [5, 5.41) is 20.9. The fraction of sp³-hybridized carbons (Fsp3) is 0.852. The van der Waals surface area contributed by atoms with Crippen molar-refractivity contribution in [3.8, 4) is 0 Å². The van der Waals surface area contributed by atoms with Gasteiger partial charge in [0.2, 0.25) is 0 Å². The third-order valence-electron chi connectivity index (χ3n) is 9.84. The van der Waals surface area contributed by atoms with Crippen molar-refractivity contribution < 1.29 is 10.2 Å². The van der Waals surface area contributed by atoms with Crippen LogP contribution in [0.4, 0.5) is 0 Å². The van der Waals surface area contributed by atoms with Crippen LogP contribution in [0, 0.1) is 40.4 Å². The first-order valence-corrected chi connectivity index (χ1v) is 12.5. The first-order valence-electron chi connectivity index (χ1n) is 12.5. The Bertz CT molecular complexity index is 676. The highest BCUT2D eigenvalue weighted by molar-refractivity contribution is 5.40. The van der Waals surface area contributed by atoms with Gasteiger partial charge in [-0.1, -0.05) is 71.6 Å². The van der Waals surface area contributed by atoms with Crippen LogP contribution in [0.15, 0.2) is 23.3 Å². The van der Waals surface area contributed by atoms with Gasteiger partial charge < -0.3 is 10.2 Å². The Balaban J connectivity index is 1.55. The van der Waals surface area contributed by atoms with Gasteiger partial charge in [0.05, 0.1) is 6.10 Å². The molecule has 1 unspecified atom stereocenters. The minimum atomic E-state index is -0.669. The van der Waals surface area contributed by atoms with Crippen molar-refractivity contribution in [2.24, 2.45) is 40.4 Å². The second-order valence-electron chi connectivity index (χ2n) is 11.9. The largest absolute Gasteiger partial charge is 0.390 e. The smallest absolute Gasteiger partial charge is 0.102 e. The van der Waals surface area contributed by atoms with Gasteiger partial charge in [-0.25, -0.2) is 0 Å². The molecule has 0 heterocycles. The number of fused-ring (bicyclic) bond motifs is 5. The van der Waals surface area contributed by atoms with Crippen LogP contribution in [0.25, 0.3) is 0 Å². The molecule has 2 heteroatoms. The third kappa shape index (κ3) is 3.47. The van der Waals surface area contributed by atoms with Crippen molar-refractivity contribution in [3.05, 3.63) is 23.3 Å². The molecule has 2 nitrogen and oxygen atoms in total. The monoisotopic (exact) mass is 400 g/mol. The van der Waals surface area contributed by atoms with Crippen molar-refractivity contribution in [2.45, 2.75) is 105 Å². The zero-order valence-corrected chi connectivity index (χ0v) is 19.5. The molecule has 4 aliphatic rings. The number of rotatable bonds is 5. The molecule has 2 N–H and O–H groups in total. The standard InChI is InChI=1S/C27H44O2/c1-17(2)7-6-8-18(3)20-11-12-21-19-9-10-23-25(29)24(28)14-16-27(23,5)22(19)13-15-26(20,21)4/h9-10,17-18,20-22,24-25,28-29H,6-8,11-16H2,1-5H3/t18-,20-,21+,22+,24?,25+,26-,27-/m1/s1. The molecule has 0 amide bonds. The summed E-state index contributed by atoms with van der Waals surface area (Å²) in [7, 11) is 0. The van der Waals surface area contributed by atoms with Gasteiger partial charge in [-0.3, -0.25) is 0 Å². The van der Waals surface area contributed by atoms with Crippen LogP contribution < -0.4 is 0 Å². The number of hydrogen-bond acceptors (Lipinski definition) is 2. The lowest BCUT2D eigenvalue weighted by molar-refractivity contribution is -0.0283. The summed E-state index contributed by atoms with van der Waals surface area (Å²) in [5.41, 5.74) is 3.29. The SMILES string of the molecule is CC(C)CCC[C@@H](C)[C@H]1CC[C@H]2C3=CC=C4[C@H](O)C(O)CC[C@]4(C)[C@H]3CC[C@]12C. The fourth-order valence-corrected chi connectivity index (χ4v) is 8.08. The molecule has 0 saturated heterocycles. The van der Waals surface area contributed by atoms with E-state index in [9.17, 15) is 10.2 Å². The molecule has 0 aliphatic heterocycles. The lowest BCUT2D eigenvalue weighted by atomic mass is 9.49. The maximum absolute atomic E-state index is 10.7. The maximum atomic E-state index is 10.7. The van der Waals surface area contributed by atoms with Crippen molar-refractivity contribution >= 4 is 0 Å². The Hall–Kier alpha value is -0.600. The summed E-state index contributed by atoms with van der Waals surface area (Å²) >= 11 is 0. The van der Waals surface area contributed by atoms with Crippen molar-refractivity contribution in [1.82, 2.24) is 0 Å². The summed E-state index contributed by atoms with van der Waals surface area (Å²) in [6, 6.07) is 0. The van der Waals surface area contributed by atoms with Crippen LogP contribution in [0.5, 0.6) is 0 Å². The van der Waals surface area contributed by atoms with Crippen molar-refractivity contribution in [3.63, 3.8) is 0 Å². The Morgan fingerprint density at radius 3 is 2.41 bits per heavy atom. The average molecular weight is 401 g/mol. The van der Waals surface area contributed by atoms with E-state index in [1.165, 1.54) is 44.9 Å². The first kappa shape index (κ1) is 21.6. The molecule has 0 spiro atoms. The number of aliphatic hydroxyl groups excluding tert-OH is 2. The van der Waals surface area contributed by atoms with Crippen LogP contribution in [-0.2, 0) is 0 Å². The second kappa shape index (κ2) is 7.83. The van der Waals surface area contributed by atoms with E-state index in [1.54, 1.807) is 5.57 Å². The quantitative estimate of drug-likeness (QED) is 0.570. The molecule has 3 fully saturated rings. The van der Waals surface area contributed by atoms with Crippen LogP contribution in [0.3, 0.4) is 0 Å². The van der Waals surface area contributed by atoms with E-state index >= 15 is 0 Å². The van der Waals surface area contributed by atoms with E-state index in [2.05, 4.69) is 46.8 Å². The molecule has 0 radical (unpaired) electrons. The van der Waals surface area contributed by atoms with E-state index in [-0.39, 0.29) is 5.41 Å². The molecular weight excluding hydrogens is 356 g/mol. The van der Waals surface area contributed by atoms with E-state index in [0.717, 1.165) is 42.1 Å². The van der Waals surface area contributed by atoms with Gasteiger partial charge in [0, 0.05) is 0 Å².